The number of ether oxygens (including phenoxy) is 1. The lowest BCUT2D eigenvalue weighted by Crippen LogP contribution is -2.40. The van der Waals surface area contributed by atoms with Crippen LogP contribution in [-0.4, -0.2) is 61.2 Å². The van der Waals surface area contributed by atoms with Crippen LogP contribution in [0.1, 0.15) is 55.6 Å². The molecule has 0 spiro atoms. The van der Waals surface area contributed by atoms with Gasteiger partial charge in [-0.25, -0.2) is 8.42 Å². The molecule has 4 rings (SSSR count). The maximum Gasteiger partial charge on any atom is 0.309 e. The highest BCUT2D eigenvalue weighted by atomic mass is 32.2. The largest absolute Gasteiger partial charge is 0.412 e. The van der Waals surface area contributed by atoms with Gasteiger partial charge in [0.25, 0.3) is 0 Å². The number of nitrogens with zero attached hydrogens (tertiary/aromatic N) is 3. The first kappa shape index (κ1) is 21.9. The van der Waals surface area contributed by atoms with E-state index in [0.29, 0.717) is 31.9 Å². The van der Waals surface area contributed by atoms with Gasteiger partial charge in [-0.1, -0.05) is 32.1 Å². The highest BCUT2D eigenvalue weighted by Gasteiger charge is 2.26. The van der Waals surface area contributed by atoms with Gasteiger partial charge in [-0.2, -0.15) is 4.31 Å². The molecular formula is C21H28N4O5S. The van der Waals surface area contributed by atoms with Crippen LogP contribution >= 0.6 is 0 Å². The average Bonchev–Trinajstić information content (AvgIpc) is 3.27. The van der Waals surface area contributed by atoms with Gasteiger partial charge in [-0.05, 0) is 37.1 Å². The van der Waals surface area contributed by atoms with E-state index in [1.54, 1.807) is 12.1 Å². The summed E-state index contributed by atoms with van der Waals surface area (Å²) in [6, 6.07) is 6.37. The van der Waals surface area contributed by atoms with Gasteiger partial charge in [0.05, 0.1) is 18.1 Å². The second-order valence-electron chi connectivity index (χ2n) is 7.97. The van der Waals surface area contributed by atoms with E-state index in [4.69, 9.17) is 9.15 Å². The highest BCUT2D eigenvalue weighted by Crippen LogP contribution is 2.23. The van der Waals surface area contributed by atoms with Crippen LogP contribution in [0.25, 0.3) is 11.5 Å². The van der Waals surface area contributed by atoms with Crippen LogP contribution < -0.4 is 5.32 Å². The van der Waals surface area contributed by atoms with E-state index >= 15 is 0 Å². The van der Waals surface area contributed by atoms with Crippen molar-refractivity contribution < 1.29 is 22.4 Å². The molecule has 10 heteroatoms. The Balaban J connectivity index is 1.42. The average molecular weight is 449 g/mol. The van der Waals surface area contributed by atoms with Crippen molar-refractivity contribution in [3.63, 3.8) is 0 Å². The standard InChI is InChI=1S/C21H28N4O5S/c26-19(22-17-6-4-2-1-3-5-7-17)21-24-23-20(30-21)16-8-10-18(11-9-16)31(27,28)25-12-14-29-15-13-25/h8-11,17H,1-7,12-15H2,(H,22,26). The van der Waals surface area contributed by atoms with Gasteiger partial charge in [-0.3, -0.25) is 4.79 Å². The first-order chi connectivity index (χ1) is 15.0. The van der Waals surface area contributed by atoms with E-state index in [1.807, 2.05) is 0 Å². The molecule has 1 amide bonds. The van der Waals surface area contributed by atoms with Crippen molar-refractivity contribution in [1.82, 2.24) is 19.8 Å². The summed E-state index contributed by atoms with van der Waals surface area (Å²) >= 11 is 0. The molecule has 168 valence electrons. The number of sulfonamides is 1. The van der Waals surface area contributed by atoms with E-state index in [9.17, 15) is 13.2 Å². The lowest BCUT2D eigenvalue weighted by atomic mass is 9.97. The van der Waals surface area contributed by atoms with Crippen molar-refractivity contribution in [3.05, 3.63) is 30.2 Å². The summed E-state index contributed by atoms with van der Waals surface area (Å²) in [7, 11) is -3.57. The van der Waals surface area contributed by atoms with Crippen LogP contribution in [0.15, 0.2) is 33.6 Å². The Morgan fingerprint density at radius 1 is 0.968 bits per heavy atom. The third kappa shape index (κ3) is 5.31. The number of nitrogens with one attached hydrogen (secondary N) is 1. The summed E-state index contributed by atoms with van der Waals surface area (Å²) in [5.41, 5.74) is 0.554. The van der Waals surface area contributed by atoms with Crippen molar-refractivity contribution in [2.45, 2.75) is 55.9 Å². The molecule has 1 aromatic heterocycles. The molecule has 0 bridgehead atoms. The third-order valence-electron chi connectivity index (χ3n) is 5.77. The number of carbonyl (C=O) groups is 1. The zero-order valence-corrected chi connectivity index (χ0v) is 18.3. The summed E-state index contributed by atoms with van der Waals surface area (Å²) in [4.78, 5) is 12.7. The van der Waals surface area contributed by atoms with Gasteiger partial charge >= 0.3 is 11.8 Å². The van der Waals surface area contributed by atoms with Crippen molar-refractivity contribution in [1.29, 1.82) is 0 Å². The summed E-state index contributed by atoms with van der Waals surface area (Å²) in [6.45, 7) is 1.47. The van der Waals surface area contributed by atoms with Gasteiger partial charge in [0.2, 0.25) is 15.9 Å². The minimum Gasteiger partial charge on any atom is -0.412 e. The Hall–Kier alpha value is -2.30. The number of aromatic nitrogens is 2. The molecule has 9 nitrogen and oxygen atoms in total. The molecule has 31 heavy (non-hydrogen) atoms. The first-order valence-corrected chi connectivity index (χ1v) is 12.3. The SMILES string of the molecule is O=C(NC1CCCCCCC1)c1nnc(-c2ccc(S(=O)(=O)N3CCOCC3)cc2)o1. The fourth-order valence-corrected chi connectivity index (χ4v) is 5.39. The second kappa shape index (κ2) is 9.88. The van der Waals surface area contributed by atoms with Gasteiger partial charge < -0.3 is 14.5 Å². The van der Waals surface area contributed by atoms with Gasteiger partial charge in [0, 0.05) is 24.7 Å². The minimum atomic E-state index is -3.57. The number of morpholine rings is 1. The zero-order chi connectivity index (χ0) is 21.7. The Labute approximate surface area is 182 Å². The van der Waals surface area contributed by atoms with Crippen LogP contribution in [0, 0.1) is 0 Å². The molecule has 1 aromatic carbocycles. The molecule has 1 aliphatic heterocycles. The molecule has 2 heterocycles. The lowest BCUT2D eigenvalue weighted by Gasteiger charge is -2.26. The van der Waals surface area contributed by atoms with Crippen molar-refractivity contribution in [3.8, 4) is 11.5 Å². The summed E-state index contributed by atoms with van der Waals surface area (Å²) in [6.07, 6.45) is 7.82. The molecular weight excluding hydrogens is 420 g/mol. The van der Waals surface area contributed by atoms with Crippen molar-refractivity contribution >= 4 is 15.9 Å². The monoisotopic (exact) mass is 448 g/mol. The molecule has 0 unspecified atom stereocenters. The second-order valence-corrected chi connectivity index (χ2v) is 9.91. The first-order valence-electron chi connectivity index (χ1n) is 10.9. The van der Waals surface area contributed by atoms with Crippen LogP contribution in [0.5, 0.6) is 0 Å². The van der Waals surface area contributed by atoms with Gasteiger partial charge in [0.1, 0.15) is 0 Å². The van der Waals surface area contributed by atoms with E-state index in [0.717, 1.165) is 25.7 Å². The summed E-state index contributed by atoms with van der Waals surface area (Å²) in [5.74, 6) is -0.268. The number of hydrogen-bond donors (Lipinski definition) is 1. The maximum atomic E-state index is 12.7. The molecule has 0 atom stereocenters. The molecule has 1 N–H and O–H groups in total. The number of rotatable bonds is 5. The van der Waals surface area contributed by atoms with Gasteiger partial charge in [0.15, 0.2) is 0 Å². The number of amides is 1. The smallest absolute Gasteiger partial charge is 0.309 e. The quantitative estimate of drug-likeness (QED) is 0.748. The minimum absolute atomic E-state index is 0.0814. The fourth-order valence-electron chi connectivity index (χ4n) is 3.98. The Morgan fingerprint density at radius 2 is 1.61 bits per heavy atom. The number of carbonyl (C=O) groups excluding carboxylic acids is 1. The van der Waals surface area contributed by atoms with E-state index in [1.165, 1.54) is 35.7 Å². The topological polar surface area (TPSA) is 115 Å². The Kier molecular flexibility index (Phi) is 6.99. The predicted molar refractivity (Wildman–Crippen MR) is 113 cm³/mol. The van der Waals surface area contributed by atoms with Crippen molar-refractivity contribution in [2.75, 3.05) is 26.3 Å². The fraction of sp³-hybridized carbons (Fsp3) is 0.571. The predicted octanol–water partition coefficient (Wildman–Crippen LogP) is 2.60. The molecule has 2 fully saturated rings. The molecule has 1 saturated heterocycles. The highest BCUT2D eigenvalue weighted by molar-refractivity contribution is 7.89. The Morgan fingerprint density at radius 3 is 2.29 bits per heavy atom. The maximum absolute atomic E-state index is 12.7. The molecule has 1 aliphatic carbocycles. The van der Waals surface area contributed by atoms with E-state index in [2.05, 4.69) is 15.5 Å². The number of benzene rings is 1. The van der Waals surface area contributed by atoms with E-state index in [-0.39, 0.29) is 28.6 Å². The Bertz CT molecular complexity index is 975. The van der Waals surface area contributed by atoms with E-state index < -0.39 is 10.0 Å². The molecule has 2 aliphatic rings. The molecule has 1 saturated carbocycles. The molecule has 0 radical (unpaired) electrons. The summed E-state index contributed by atoms with van der Waals surface area (Å²) in [5, 5.41) is 10.8. The van der Waals surface area contributed by atoms with Crippen molar-refractivity contribution in [2.24, 2.45) is 0 Å². The summed E-state index contributed by atoms with van der Waals surface area (Å²) < 4.78 is 37.7. The van der Waals surface area contributed by atoms with Crippen LogP contribution in [0.2, 0.25) is 0 Å². The third-order valence-corrected chi connectivity index (χ3v) is 7.68. The zero-order valence-electron chi connectivity index (χ0n) is 17.5. The molecule has 2 aromatic rings. The lowest BCUT2D eigenvalue weighted by molar-refractivity contribution is 0.0730. The van der Waals surface area contributed by atoms with Crippen LogP contribution in [0.3, 0.4) is 0 Å². The van der Waals surface area contributed by atoms with Crippen LogP contribution in [-0.2, 0) is 14.8 Å². The van der Waals surface area contributed by atoms with Crippen LogP contribution in [0.4, 0.5) is 0 Å². The normalized spacial score (nSPS) is 19.5. The van der Waals surface area contributed by atoms with Gasteiger partial charge in [-0.15, -0.1) is 10.2 Å². The number of hydrogen-bond acceptors (Lipinski definition) is 7.